The van der Waals surface area contributed by atoms with E-state index in [9.17, 15) is 0 Å². The smallest absolute Gasteiger partial charge is 0.134 e. The van der Waals surface area contributed by atoms with E-state index in [0.29, 0.717) is 11.4 Å². The molecule has 0 aliphatic rings. The molecule has 0 aromatic heterocycles. The van der Waals surface area contributed by atoms with Crippen molar-refractivity contribution in [3.05, 3.63) is 35.9 Å². The zero-order valence-corrected chi connectivity index (χ0v) is 10.1. The van der Waals surface area contributed by atoms with Crippen molar-refractivity contribution < 1.29 is 10.0 Å². The monoisotopic (exact) mass is 222 g/mol. The van der Waals surface area contributed by atoms with Crippen molar-refractivity contribution >= 4 is 11.4 Å². The van der Waals surface area contributed by atoms with Gasteiger partial charge in [-0.2, -0.15) is 0 Å². The highest BCUT2D eigenvalue weighted by Gasteiger charge is 2.07. The summed E-state index contributed by atoms with van der Waals surface area (Å²) >= 11 is 0. The number of nitrogens with zero attached hydrogens (tertiary/aromatic N) is 2. The highest BCUT2D eigenvalue weighted by atomic mass is 16.6. The van der Waals surface area contributed by atoms with Gasteiger partial charge in [0.1, 0.15) is 18.5 Å². The molecule has 0 bridgehead atoms. The zero-order chi connectivity index (χ0) is 12.4. The van der Waals surface area contributed by atoms with Crippen LogP contribution in [-0.4, -0.2) is 23.7 Å². The van der Waals surface area contributed by atoms with Gasteiger partial charge < -0.3 is 10.0 Å². The quantitative estimate of drug-likeness (QED) is 0.485. The Labute approximate surface area is 96.2 Å². The minimum atomic E-state index is 0.415. The van der Waals surface area contributed by atoms with Crippen LogP contribution in [0, 0.1) is 0 Å². The highest BCUT2D eigenvalue weighted by Crippen LogP contribution is 2.03. The molecule has 4 nitrogen and oxygen atoms in total. The zero-order valence-electron chi connectivity index (χ0n) is 10.1. The van der Waals surface area contributed by atoms with Crippen molar-refractivity contribution in [2.75, 3.05) is 7.11 Å². The molecule has 0 unspecified atom stereocenters. The standard InChI is InChI=1S/C10H12N2O2.C2H6/c1-8(11-13)10(12-14-2)9-6-4-3-5-7-9;1-2/h3-7,13H,1-2H3;1-2H3/b11-8-,12-10-;. The number of hydrogen-bond donors (Lipinski definition) is 1. The van der Waals surface area contributed by atoms with Crippen LogP contribution in [0.25, 0.3) is 0 Å². The molecule has 0 saturated carbocycles. The molecule has 0 saturated heterocycles. The van der Waals surface area contributed by atoms with Gasteiger partial charge >= 0.3 is 0 Å². The van der Waals surface area contributed by atoms with E-state index < -0.39 is 0 Å². The van der Waals surface area contributed by atoms with E-state index in [1.54, 1.807) is 6.92 Å². The number of benzene rings is 1. The molecule has 0 atom stereocenters. The maximum Gasteiger partial charge on any atom is 0.134 e. The summed E-state index contributed by atoms with van der Waals surface area (Å²) in [5.74, 6) is 0. The largest absolute Gasteiger partial charge is 0.411 e. The van der Waals surface area contributed by atoms with E-state index in [-0.39, 0.29) is 0 Å². The molecular weight excluding hydrogens is 204 g/mol. The van der Waals surface area contributed by atoms with Gasteiger partial charge in [0.15, 0.2) is 0 Å². The van der Waals surface area contributed by atoms with Crippen LogP contribution in [-0.2, 0) is 4.84 Å². The van der Waals surface area contributed by atoms with Gasteiger partial charge in [0.05, 0.1) is 0 Å². The molecular formula is C12H18N2O2. The fourth-order valence-corrected chi connectivity index (χ4v) is 1.06. The molecule has 1 aromatic rings. The first kappa shape index (κ1) is 14.2. The van der Waals surface area contributed by atoms with Crippen LogP contribution >= 0.6 is 0 Å². The molecule has 1 rings (SSSR count). The first-order chi connectivity index (χ1) is 7.79. The van der Waals surface area contributed by atoms with Gasteiger partial charge in [-0.25, -0.2) is 0 Å². The summed E-state index contributed by atoms with van der Waals surface area (Å²) in [6.45, 7) is 5.66. The second-order valence-electron chi connectivity index (χ2n) is 2.67. The lowest BCUT2D eigenvalue weighted by molar-refractivity contribution is 0.214. The average molecular weight is 222 g/mol. The Hall–Kier alpha value is -1.84. The number of oxime groups is 2. The molecule has 0 amide bonds. The SMILES string of the molecule is CC.CO/N=C(/C(C)=N\O)c1ccccc1. The van der Waals surface area contributed by atoms with Gasteiger partial charge in [0, 0.05) is 5.56 Å². The second-order valence-corrected chi connectivity index (χ2v) is 2.67. The molecule has 0 spiro atoms. The first-order valence-electron chi connectivity index (χ1n) is 5.15. The van der Waals surface area contributed by atoms with E-state index >= 15 is 0 Å². The predicted octanol–water partition coefficient (Wildman–Crippen LogP) is 2.91. The molecule has 88 valence electrons. The van der Waals surface area contributed by atoms with Crippen LogP contribution in [0.2, 0.25) is 0 Å². The van der Waals surface area contributed by atoms with E-state index in [1.165, 1.54) is 7.11 Å². The summed E-state index contributed by atoms with van der Waals surface area (Å²) in [6.07, 6.45) is 0. The third kappa shape index (κ3) is 4.13. The third-order valence-corrected chi connectivity index (χ3v) is 1.72. The Morgan fingerprint density at radius 3 is 2.19 bits per heavy atom. The summed E-state index contributed by atoms with van der Waals surface area (Å²) in [5, 5.41) is 15.5. The summed E-state index contributed by atoms with van der Waals surface area (Å²) in [4.78, 5) is 4.68. The summed E-state index contributed by atoms with van der Waals surface area (Å²) in [5.41, 5.74) is 1.79. The molecule has 0 fully saturated rings. The van der Waals surface area contributed by atoms with Crippen molar-refractivity contribution in [1.29, 1.82) is 0 Å². The highest BCUT2D eigenvalue weighted by molar-refractivity contribution is 6.47. The fourth-order valence-electron chi connectivity index (χ4n) is 1.06. The predicted molar refractivity (Wildman–Crippen MR) is 66.2 cm³/mol. The Morgan fingerprint density at radius 1 is 1.19 bits per heavy atom. The molecule has 0 aliphatic carbocycles. The molecule has 1 N–H and O–H groups in total. The Balaban J connectivity index is 0.00000106. The van der Waals surface area contributed by atoms with Crippen molar-refractivity contribution in [3.8, 4) is 0 Å². The fraction of sp³-hybridized carbons (Fsp3) is 0.333. The van der Waals surface area contributed by atoms with Gasteiger partial charge in [0.2, 0.25) is 0 Å². The lowest BCUT2D eigenvalue weighted by Crippen LogP contribution is -2.12. The number of hydrogen-bond acceptors (Lipinski definition) is 4. The van der Waals surface area contributed by atoms with E-state index in [0.717, 1.165) is 5.56 Å². The van der Waals surface area contributed by atoms with Gasteiger partial charge in [0.25, 0.3) is 0 Å². The lowest BCUT2D eigenvalue weighted by Gasteiger charge is -2.02. The van der Waals surface area contributed by atoms with Crippen LogP contribution in [0.3, 0.4) is 0 Å². The summed E-state index contributed by atoms with van der Waals surface area (Å²) in [6, 6.07) is 9.40. The van der Waals surface area contributed by atoms with E-state index in [4.69, 9.17) is 5.21 Å². The van der Waals surface area contributed by atoms with Crippen LogP contribution in [0.15, 0.2) is 40.6 Å². The van der Waals surface area contributed by atoms with Crippen molar-refractivity contribution in [2.45, 2.75) is 20.8 Å². The molecule has 0 heterocycles. The molecule has 0 radical (unpaired) electrons. The minimum absolute atomic E-state index is 0.415. The Morgan fingerprint density at radius 2 is 1.75 bits per heavy atom. The van der Waals surface area contributed by atoms with Crippen LogP contribution < -0.4 is 0 Å². The van der Waals surface area contributed by atoms with E-state index in [1.807, 2.05) is 44.2 Å². The van der Waals surface area contributed by atoms with Gasteiger partial charge in [-0.3, -0.25) is 0 Å². The van der Waals surface area contributed by atoms with Crippen molar-refractivity contribution in [1.82, 2.24) is 0 Å². The van der Waals surface area contributed by atoms with E-state index in [2.05, 4.69) is 15.1 Å². The summed E-state index contributed by atoms with van der Waals surface area (Å²) < 4.78 is 0. The maximum absolute atomic E-state index is 8.64. The van der Waals surface area contributed by atoms with Crippen molar-refractivity contribution in [2.24, 2.45) is 10.3 Å². The number of rotatable bonds is 3. The van der Waals surface area contributed by atoms with Gasteiger partial charge in [-0.15, -0.1) is 0 Å². The normalized spacial score (nSPS) is 11.5. The average Bonchev–Trinajstić information content (AvgIpc) is 2.38. The first-order valence-corrected chi connectivity index (χ1v) is 5.15. The van der Waals surface area contributed by atoms with Crippen LogP contribution in [0.4, 0.5) is 0 Å². The van der Waals surface area contributed by atoms with Crippen LogP contribution in [0.5, 0.6) is 0 Å². The minimum Gasteiger partial charge on any atom is -0.411 e. The topological polar surface area (TPSA) is 54.2 Å². The van der Waals surface area contributed by atoms with Gasteiger partial charge in [-0.1, -0.05) is 54.5 Å². The van der Waals surface area contributed by atoms with Crippen LogP contribution in [0.1, 0.15) is 26.3 Å². The third-order valence-electron chi connectivity index (χ3n) is 1.72. The summed E-state index contributed by atoms with van der Waals surface area (Å²) in [7, 11) is 1.45. The molecule has 16 heavy (non-hydrogen) atoms. The maximum atomic E-state index is 8.64. The molecule has 1 aromatic carbocycles. The second kappa shape index (κ2) is 8.47. The Kier molecular flexibility index (Phi) is 7.49. The Bertz CT molecular complexity index is 345. The molecule has 0 aliphatic heterocycles. The molecule has 4 heteroatoms. The lowest BCUT2D eigenvalue weighted by atomic mass is 10.1. The van der Waals surface area contributed by atoms with Gasteiger partial charge in [-0.05, 0) is 6.92 Å². The van der Waals surface area contributed by atoms with Crippen molar-refractivity contribution in [3.63, 3.8) is 0 Å².